The predicted octanol–water partition coefficient (Wildman–Crippen LogP) is 7.09. The maximum atomic E-state index is 12.0. The molecule has 41 heavy (non-hydrogen) atoms. The van der Waals surface area contributed by atoms with E-state index in [2.05, 4.69) is 0 Å². The van der Waals surface area contributed by atoms with E-state index in [0.29, 0.717) is 12.8 Å². The van der Waals surface area contributed by atoms with E-state index in [1.165, 1.54) is 77.0 Å². The van der Waals surface area contributed by atoms with Crippen LogP contribution < -0.4 is 22.9 Å². The van der Waals surface area contributed by atoms with Gasteiger partial charge in [-0.05, 0) is 64.5 Å². The second-order valence-corrected chi connectivity index (χ2v) is 11.8. The molecule has 0 radical (unpaired) electrons. The van der Waals surface area contributed by atoms with Crippen LogP contribution in [0.1, 0.15) is 173 Å². The van der Waals surface area contributed by atoms with E-state index in [1.807, 2.05) is 0 Å². The molecule has 2 atom stereocenters. The van der Waals surface area contributed by atoms with Gasteiger partial charge in [0.15, 0.2) is 12.5 Å². The molecule has 0 bridgehead atoms. The number of hydrogen-bond acceptors (Lipinski definition) is 8. The number of carbonyl (C=O) groups is 2. The molecule has 0 aromatic carbocycles. The smallest absolute Gasteiger partial charge is 0.307 e. The quantitative estimate of drug-likeness (QED) is 0.0371. The summed E-state index contributed by atoms with van der Waals surface area (Å²) >= 11 is 0. The molecule has 0 saturated heterocycles. The lowest BCUT2D eigenvalue weighted by atomic mass is 10.1. The van der Waals surface area contributed by atoms with Crippen molar-refractivity contribution < 1.29 is 19.1 Å². The van der Waals surface area contributed by atoms with Crippen LogP contribution in [0.3, 0.4) is 0 Å². The highest BCUT2D eigenvalue weighted by Gasteiger charge is 2.11. The van der Waals surface area contributed by atoms with Crippen molar-refractivity contribution in [2.24, 2.45) is 22.9 Å². The largest absolute Gasteiger partial charge is 0.447 e. The van der Waals surface area contributed by atoms with Gasteiger partial charge < -0.3 is 20.9 Å². The van der Waals surface area contributed by atoms with Gasteiger partial charge in [0.25, 0.3) is 0 Å². The van der Waals surface area contributed by atoms with Gasteiger partial charge in [0, 0.05) is 12.8 Å². The fraction of sp³-hybridized carbons (Fsp3) is 0.939. The molecule has 244 valence electrons. The van der Waals surface area contributed by atoms with E-state index in [0.717, 1.165) is 96.6 Å². The summed E-state index contributed by atoms with van der Waals surface area (Å²) in [5.74, 6) is -0.406. The first-order valence-corrected chi connectivity index (χ1v) is 17.3. The Morgan fingerprint density at radius 2 is 0.634 bits per heavy atom. The minimum absolute atomic E-state index is 0.203. The highest BCUT2D eigenvalue weighted by atomic mass is 16.6. The predicted molar refractivity (Wildman–Crippen MR) is 171 cm³/mol. The average Bonchev–Trinajstić information content (AvgIpc) is 2.94. The van der Waals surface area contributed by atoms with Gasteiger partial charge in [0.05, 0.1) is 0 Å². The molecule has 0 rings (SSSR count). The third kappa shape index (κ3) is 31.5. The van der Waals surface area contributed by atoms with Gasteiger partial charge in [-0.15, -0.1) is 0 Å². The Balaban J connectivity index is 3.47. The Morgan fingerprint density at radius 3 is 0.927 bits per heavy atom. The highest BCUT2D eigenvalue weighted by Crippen LogP contribution is 2.14. The lowest BCUT2D eigenvalue weighted by Gasteiger charge is -2.13. The van der Waals surface area contributed by atoms with Crippen molar-refractivity contribution >= 4 is 11.9 Å². The number of carbonyl (C=O) groups excluding carboxylic acids is 2. The van der Waals surface area contributed by atoms with E-state index < -0.39 is 12.5 Å². The molecule has 0 saturated carbocycles. The van der Waals surface area contributed by atoms with Gasteiger partial charge in [0.1, 0.15) is 0 Å². The van der Waals surface area contributed by atoms with E-state index in [1.54, 1.807) is 0 Å². The number of rotatable bonds is 32. The van der Waals surface area contributed by atoms with Crippen LogP contribution in [0.25, 0.3) is 0 Å². The summed E-state index contributed by atoms with van der Waals surface area (Å²) in [6.45, 7) is 1.61. The second kappa shape index (κ2) is 31.7. The summed E-state index contributed by atoms with van der Waals surface area (Å²) in [5, 5.41) is 0. The fourth-order valence-electron chi connectivity index (χ4n) is 5.10. The van der Waals surface area contributed by atoms with Crippen LogP contribution in [0.5, 0.6) is 0 Å². The van der Waals surface area contributed by atoms with Crippen LogP contribution in [0.4, 0.5) is 0 Å². The monoisotopic (exact) mass is 585 g/mol. The van der Waals surface area contributed by atoms with Crippen LogP contribution in [0.15, 0.2) is 0 Å². The molecule has 8 nitrogen and oxygen atoms in total. The fourth-order valence-corrected chi connectivity index (χ4v) is 5.10. The lowest BCUT2D eigenvalue weighted by Crippen LogP contribution is -2.27. The SMILES string of the molecule is NCCCCCCCCCCCC(N)OC(=O)CCCCCCCC(=O)OC(N)CCCCCCCCCCCN. The van der Waals surface area contributed by atoms with Gasteiger partial charge in [0.2, 0.25) is 0 Å². The van der Waals surface area contributed by atoms with E-state index in [4.69, 9.17) is 32.4 Å². The Labute approximate surface area is 252 Å². The van der Waals surface area contributed by atoms with Crippen molar-refractivity contribution in [1.29, 1.82) is 0 Å². The van der Waals surface area contributed by atoms with Gasteiger partial charge in [-0.2, -0.15) is 0 Å². The van der Waals surface area contributed by atoms with Crippen molar-refractivity contribution in [2.75, 3.05) is 13.1 Å². The Hall–Kier alpha value is -1.22. The Bertz CT molecular complexity index is 531. The number of esters is 2. The molecule has 0 aliphatic carbocycles. The first-order valence-electron chi connectivity index (χ1n) is 17.3. The normalized spacial score (nSPS) is 12.8. The standard InChI is InChI=1S/C33H68N4O4/c34-28-22-16-9-5-1-3-7-12-18-24-30(36)40-32(38)26-20-14-11-15-21-27-33(39)41-31(37)25-19-13-8-4-2-6-10-17-23-29-35/h30-31H,1-29,34-37H2. The molecule has 8 N–H and O–H groups in total. The van der Waals surface area contributed by atoms with Crippen LogP contribution in [0.2, 0.25) is 0 Å². The third-order valence-corrected chi connectivity index (χ3v) is 7.71. The summed E-state index contributed by atoms with van der Waals surface area (Å²) in [5.41, 5.74) is 23.0. The summed E-state index contributed by atoms with van der Waals surface area (Å²) in [6, 6.07) is 0. The van der Waals surface area contributed by atoms with Crippen molar-refractivity contribution in [3.05, 3.63) is 0 Å². The van der Waals surface area contributed by atoms with Crippen molar-refractivity contribution in [3.8, 4) is 0 Å². The van der Waals surface area contributed by atoms with Crippen LogP contribution in [-0.4, -0.2) is 37.5 Å². The lowest BCUT2D eigenvalue weighted by molar-refractivity contribution is -0.150. The van der Waals surface area contributed by atoms with Crippen LogP contribution in [-0.2, 0) is 19.1 Å². The third-order valence-electron chi connectivity index (χ3n) is 7.71. The van der Waals surface area contributed by atoms with Crippen molar-refractivity contribution in [2.45, 2.75) is 186 Å². The molecular formula is C33H68N4O4. The Morgan fingerprint density at radius 1 is 0.390 bits per heavy atom. The Kier molecular flexibility index (Phi) is 30.8. The summed E-state index contributed by atoms with van der Waals surface area (Å²) in [4.78, 5) is 24.0. The van der Waals surface area contributed by atoms with E-state index in [9.17, 15) is 9.59 Å². The average molecular weight is 585 g/mol. The topological polar surface area (TPSA) is 157 Å². The molecule has 0 fully saturated rings. The van der Waals surface area contributed by atoms with Gasteiger partial charge >= 0.3 is 11.9 Å². The number of ether oxygens (including phenoxy) is 2. The summed E-state index contributed by atoms with van der Waals surface area (Å²) in [7, 11) is 0. The molecule has 0 heterocycles. The summed E-state index contributed by atoms with van der Waals surface area (Å²) in [6.07, 6.45) is 27.6. The van der Waals surface area contributed by atoms with E-state index >= 15 is 0 Å². The first kappa shape index (κ1) is 39.8. The molecule has 0 amide bonds. The number of nitrogens with two attached hydrogens (primary N) is 4. The second-order valence-electron chi connectivity index (χ2n) is 11.8. The maximum absolute atomic E-state index is 12.0. The van der Waals surface area contributed by atoms with Crippen LogP contribution in [0, 0.1) is 0 Å². The van der Waals surface area contributed by atoms with Gasteiger partial charge in [-0.1, -0.05) is 109 Å². The first-order chi connectivity index (χ1) is 20.0. The van der Waals surface area contributed by atoms with Crippen molar-refractivity contribution in [1.82, 2.24) is 0 Å². The molecule has 0 aliphatic heterocycles. The molecule has 0 aliphatic rings. The minimum atomic E-state index is -0.488. The molecule has 0 aromatic heterocycles. The maximum Gasteiger partial charge on any atom is 0.307 e. The molecule has 2 unspecified atom stereocenters. The zero-order valence-electron chi connectivity index (χ0n) is 26.6. The molecule has 0 aromatic rings. The number of hydrogen-bond donors (Lipinski definition) is 4. The van der Waals surface area contributed by atoms with Gasteiger partial charge in [-0.25, -0.2) is 0 Å². The zero-order chi connectivity index (χ0) is 30.2. The van der Waals surface area contributed by atoms with Gasteiger partial charge in [-0.3, -0.25) is 21.1 Å². The molecular weight excluding hydrogens is 516 g/mol. The van der Waals surface area contributed by atoms with Crippen molar-refractivity contribution in [3.63, 3.8) is 0 Å². The summed E-state index contributed by atoms with van der Waals surface area (Å²) < 4.78 is 10.7. The number of unbranched alkanes of at least 4 members (excludes halogenated alkanes) is 20. The zero-order valence-corrected chi connectivity index (χ0v) is 26.6. The molecule has 8 heteroatoms. The molecule has 0 spiro atoms. The highest BCUT2D eigenvalue weighted by molar-refractivity contribution is 5.69. The minimum Gasteiger partial charge on any atom is -0.447 e. The van der Waals surface area contributed by atoms with E-state index in [-0.39, 0.29) is 11.9 Å². The van der Waals surface area contributed by atoms with Crippen LogP contribution >= 0.6 is 0 Å².